The zero-order valence-electron chi connectivity index (χ0n) is 10.8. The number of carboxylic acid groups (broad SMARTS) is 1. The van der Waals surface area contributed by atoms with Gasteiger partial charge in [-0.2, -0.15) is 0 Å². The molecule has 19 heavy (non-hydrogen) atoms. The summed E-state index contributed by atoms with van der Waals surface area (Å²) in [6.07, 6.45) is 1.13. The zero-order valence-corrected chi connectivity index (χ0v) is 10.8. The predicted octanol–water partition coefficient (Wildman–Crippen LogP) is 1.53. The van der Waals surface area contributed by atoms with Gasteiger partial charge in [0, 0.05) is 5.56 Å². The Hall–Kier alpha value is -2.04. The average Bonchev–Trinajstić information content (AvgIpc) is 2.81. The third-order valence-electron chi connectivity index (χ3n) is 3.21. The first kappa shape index (κ1) is 13.4. The van der Waals surface area contributed by atoms with Crippen LogP contribution in [0.2, 0.25) is 0 Å². The molecule has 2 N–H and O–H groups in total. The fourth-order valence-electron chi connectivity index (χ4n) is 2.20. The zero-order chi connectivity index (χ0) is 13.8. The van der Waals surface area contributed by atoms with E-state index in [4.69, 9.17) is 9.84 Å². The normalized spacial score (nSPS) is 18.3. The number of carbonyl (C=O) groups is 2. The molecule has 0 radical (unpaired) electrons. The highest BCUT2D eigenvalue weighted by Gasteiger charge is 2.32. The lowest BCUT2D eigenvalue weighted by Gasteiger charge is -2.16. The van der Waals surface area contributed by atoms with Crippen LogP contribution in [0.25, 0.3) is 0 Å². The molecular weight excluding hydrogens is 246 g/mol. The number of nitrogens with one attached hydrogen (secondary N) is 1. The first-order valence-corrected chi connectivity index (χ1v) is 6.38. The van der Waals surface area contributed by atoms with Crippen molar-refractivity contribution in [3.05, 3.63) is 29.8 Å². The smallest absolute Gasteiger partial charge is 0.326 e. The maximum absolute atomic E-state index is 12.1. The van der Waals surface area contributed by atoms with E-state index in [1.165, 1.54) is 0 Å². The van der Waals surface area contributed by atoms with Crippen molar-refractivity contribution in [1.82, 2.24) is 5.32 Å². The van der Waals surface area contributed by atoms with E-state index in [1.54, 1.807) is 0 Å². The molecule has 1 aromatic carbocycles. The first-order chi connectivity index (χ1) is 9.13. The second-order valence-corrected chi connectivity index (χ2v) is 4.59. The highest BCUT2D eigenvalue weighted by atomic mass is 16.5. The van der Waals surface area contributed by atoms with Crippen molar-refractivity contribution in [1.29, 1.82) is 0 Å². The van der Waals surface area contributed by atoms with Gasteiger partial charge in [0.05, 0.1) is 0 Å². The van der Waals surface area contributed by atoms with E-state index in [0.29, 0.717) is 18.6 Å². The van der Waals surface area contributed by atoms with E-state index in [2.05, 4.69) is 5.32 Å². The van der Waals surface area contributed by atoms with Gasteiger partial charge in [0.15, 0.2) is 0 Å². The molecule has 0 aromatic heterocycles. The van der Waals surface area contributed by atoms with E-state index in [9.17, 15) is 9.59 Å². The molecule has 0 saturated carbocycles. The summed E-state index contributed by atoms with van der Waals surface area (Å²) >= 11 is 0. The minimum Gasteiger partial charge on any atom is -0.492 e. The lowest BCUT2D eigenvalue weighted by Crippen LogP contribution is -2.43. The number of hydrogen-bond donors (Lipinski definition) is 2. The molecule has 1 aromatic rings. The van der Waals surface area contributed by atoms with E-state index < -0.39 is 17.9 Å². The van der Waals surface area contributed by atoms with Crippen LogP contribution < -0.4 is 10.1 Å². The molecule has 102 valence electrons. The van der Waals surface area contributed by atoms with Gasteiger partial charge in [-0.1, -0.05) is 31.5 Å². The molecule has 0 bridgehead atoms. The molecule has 5 nitrogen and oxygen atoms in total. The fourth-order valence-corrected chi connectivity index (χ4v) is 2.20. The summed E-state index contributed by atoms with van der Waals surface area (Å²) in [5.41, 5.74) is 0.820. The highest BCUT2D eigenvalue weighted by molar-refractivity contribution is 5.89. The molecule has 1 heterocycles. The third kappa shape index (κ3) is 2.86. The lowest BCUT2D eigenvalue weighted by molar-refractivity contribution is -0.142. The third-order valence-corrected chi connectivity index (χ3v) is 3.21. The summed E-state index contributed by atoms with van der Waals surface area (Å²) in [5.74, 6) is -1.01. The van der Waals surface area contributed by atoms with Gasteiger partial charge in [0.1, 0.15) is 24.3 Å². The number of amides is 1. The summed E-state index contributed by atoms with van der Waals surface area (Å²) in [5, 5.41) is 11.6. The minimum atomic E-state index is -0.998. The first-order valence-electron chi connectivity index (χ1n) is 6.38. The van der Waals surface area contributed by atoms with Crippen LogP contribution in [0.1, 0.15) is 31.2 Å². The Bertz CT molecular complexity index is 486. The lowest BCUT2D eigenvalue weighted by atomic mass is 10.00. The fraction of sp³-hybridized carbons (Fsp3) is 0.429. The number of ether oxygens (including phenoxy) is 1. The van der Waals surface area contributed by atoms with Gasteiger partial charge >= 0.3 is 5.97 Å². The molecule has 2 unspecified atom stereocenters. The second-order valence-electron chi connectivity index (χ2n) is 4.59. The van der Waals surface area contributed by atoms with Crippen LogP contribution in [-0.4, -0.2) is 29.6 Å². The van der Waals surface area contributed by atoms with Gasteiger partial charge in [-0.05, 0) is 12.5 Å². The topological polar surface area (TPSA) is 75.6 Å². The number of rotatable bonds is 5. The quantitative estimate of drug-likeness (QED) is 0.844. The number of benzene rings is 1. The molecule has 0 spiro atoms. The maximum atomic E-state index is 12.1. The SMILES string of the molecule is CCCC(NC(=O)C1COc2ccccc21)C(=O)O. The molecule has 5 heteroatoms. The molecule has 2 rings (SSSR count). The van der Waals surface area contributed by atoms with E-state index in [-0.39, 0.29) is 12.5 Å². The van der Waals surface area contributed by atoms with Crippen LogP contribution in [0, 0.1) is 0 Å². The Morgan fingerprint density at radius 3 is 2.89 bits per heavy atom. The Morgan fingerprint density at radius 2 is 2.21 bits per heavy atom. The number of para-hydroxylation sites is 1. The van der Waals surface area contributed by atoms with Crippen molar-refractivity contribution in [2.75, 3.05) is 6.61 Å². The van der Waals surface area contributed by atoms with Gasteiger partial charge < -0.3 is 15.2 Å². The van der Waals surface area contributed by atoms with Gasteiger partial charge in [-0.15, -0.1) is 0 Å². The largest absolute Gasteiger partial charge is 0.492 e. The van der Waals surface area contributed by atoms with Crippen LogP contribution in [-0.2, 0) is 9.59 Å². The summed E-state index contributed by atoms with van der Waals surface area (Å²) in [6, 6.07) is 6.50. The number of fused-ring (bicyclic) bond motifs is 1. The molecule has 1 aliphatic heterocycles. The second kappa shape index (κ2) is 5.73. The Balaban J connectivity index is 2.07. The van der Waals surface area contributed by atoms with Crippen molar-refractivity contribution in [2.45, 2.75) is 31.7 Å². The Kier molecular flexibility index (Phi) is 4.04. The van der Waals surface area contributed by atoms with Gasteiger partial charge in [0.25, 0.3) is 0 Å². The molecule has 0 saturated heterocycles. The van der Waals surface area contributed by atoms with Crippen molar-refractivity contribution in [3.63, 3.8) is 0 Å². The highest BCUT2D eigenvalue weighted by Crippen LogP contribution is 2.33. The predicted molar refractivity (Wildman–Crippen MR) is 69.2 cm³/mol. The van der Waals surface area contributed by atoms with E-state index in [0.717, 1.165) is 5.56 Å². The van der Waals surface area contributed by atoms with Gasteiger partial charge in [0.2, 0.25) is 5.91 Å². The molecule has 0 fully saturated rings. The summed E-state index contributed by atoms with van der Waals surface area (Å²) < 4.78 is 5.43. The maximum Gasteiger partial charge on any atom is 0.326 e. The van der Waals surface area contributed by atoms with Gasteiger partial charge in [-0.25, -0.2) is 4.79 Å². The summed E-state index contributed by atoms with van der Waals surface area (Å²) in [6.45, 7) is 2.15. The van der Waals surface area contributed by atoms with Crippen LogP contribution >= 0.6 is 0 Å². The molecule has 0 aliphatic carbocycles. The molecule has 1 aliphatic rings. The average molecular weight is 263 g/mol. The van der Waals surface area contributed by atoms with Crippen molar-refractivity contribution < 1.29 is 19.4 Å². The molecular formula is C14H17NO4. The van der Waals surface area contributed by atoms with Crippen LogP contribution in [0.4, 0.5) is 0 Å². The standard InChI is InChI=1S/C14H17NO4/c1-2-5-11(14(17)18)15-13(16)10-8-19-12-7-4-3-6-9(10)12/h3-4,6-7,10-11H,2,5,8H2,1H3,(H,15,16)(H,17,18). The molecule has 2 atom stereocenters. The Labute approximate surface area is 111 Å². The minimum absolute atomic E-state index is 0.268. The number of aliphatic carboxylic acids is 1. The van der Waals surface area contributed by atoms with Crippen LogP contribution in [0.3, 0.4) is 0 Å². The summed E-state index contributed by atoms with van der Waals surface area (Å²) in [4.78, 5) is 23.2. The van der Waals surface area contributed by atoms with Gasteiger partial charge in [-0.3, -0.25) is 4.79 Å². The Morgan fingerprint density at radius 1 is 1.47 bits per heavy atom. The van der Waals surface area contributed by atoms with Crippen LogP contribution in [0.15, 0.2) is 24.3 Å². The van der Waals surface area contributed by atoms with Crippen molar-refractivity contribution in [3.8, 4) is 5.75 Å². The van der Waals surface area contributed by atoms with E-state index in [1.807, 2.05) is 31.2 Å². The summed E-state index contributed by atoms with van der Waals surface area (Å²) in [7, 11) is 0. The van der Waals surface area contributed by atoms with Crippen molar-refractivity contribution >= 4 is 11.9 Å². The monoisotopic (exact) mass is 263 g/mol. The number of carbonyl (C=O) groups excluding carboxylic acids is 1. The number of carboxylic acids is 1. The van der Waals surface area contributed by atoms with E-state index >= 15 is 0 Å². The molecule has 1 amide bonds. The van der Waals surface area contributed by atoms with Crippen LogP contribution in [0.5, 0.6) is 5.75 Å². The van der Waals surface area contributed by atoms with Crippen molar-refractivity contribution in [2.24, 2.45) is 0 Å². The number of hydrogen-bond acceptors (Lipinski definition) is 3.